The molecule has 0 unspecified atom stereocenters. The summed E-state index contributed by atoms with van der Waals surface area (Å²) in [6, 6.07) is 7.48. The molecule has 0 saturated heterocycles. The third-order valence-corrected chi connectivity index (χ3v) is 2.68. The summed E-state index contributed by atoms with van der Waals surface area (Å²) in [4.78, 5) is 8.34. The van der Waals surface area contributed by atoms with Crippen LogP contribution < -0.4 is 10.6 Å². The maximum atomic E-state index is 5.83. The van der Waals surface area contributed by atoms with Gasteiger partial charge in [-0.15, -0.1) is 0 Å². The molecular formula is C12H13ClN4. The van der Waals surface area contributed by atoms with Crippen LogP contribution in [0.3, 0.4) is 0 Å². The van der Waals surface area contributed by atoms with Gasteiger partial charge >= 0.3 is 0 Å². The minimum absolute atomic E-state index is 0.714. The van der Waals surface area contributed by atoms with Gasteiger partial charge in [0.25, 0.3) is 0 Å². The van der Waals surface area contributed by atoms with E-state index in [2.05, 4.69) is 20.6 Å². The lowest BCUT2D eigenvalue weighted by Crippen LogP contribution is -2.02. The third-order valence-electron chi connectivity index (χ3n) is 2.43. The van der Waals surface area contributed by atoms with Crippen molar-refractivity contribution in [3.05, 3.63) is 41.2 Å². The van der Waals surface area contributed by atoms with Gasteiger partial charge in [0.2, 0.25) is 0 Å². The molecule has 17 heavy (non-hydrogen) atoms. The highest BCUT2D eigenvalue weighted by Crippen LogP contribution is 2.22. The molecule has 1 heterocycles. The summed E-state index contributed by atoms with van der Waals surface area (Å²) in [7, 11) is 1.83. The molecule has 2 N–H and O–H groups in total. The first-order valence-electron chi connectivity index (χ1n) is 5.22. The van der Waals surface area contributed by atoms with Crippen molar-refractivity contribution >= 4 is 28.9 Å². The number of aromatic nitrogens is 2. The summed E-state index contributed by atoms with van der Waals surface area (Å²) in [5.41, 5.74) is 1.92. The first-order valence-corrected chi connectivity index (χ1v) is 5.60. The second-order valence-corrected chi connectivity index (χ2v) is 4.01. The fourth-order valence-corrected chi connectivity index (χ4v) is 1.62. The van der Waals surface area contributed by atoms with E-state index in [0.29, 0.717) is 5.02 Å². The molecular weight excluding hydrogens is 236 g/mol. The van der Waals surface area contributed by atoms with E-state index < -0.39 is 0 Å². The fraction of sp³-hybridized carbons (Fsp3) is 0.167. The Hall–Kier alpha value is -1.81. The number of hydrogen-bond acceptors (Lipinski definition) is 4. The molecule has 5 heteroatoms. The van der Waals surface area contributed by atoms with E-state index in [9.17, 15) is 0 Å². The number of benzene rings is 1. The van der Waals surface area contributed by atoms with Crippen LogP contribution in [0.4, 0.5) is 17.3 Å². The highest BCUT2D eigenvalue weighted by molar-refractivity contribution is 6.30. The normalized spacial score (nSPS) is 10.1. The molecule has 0 radical (unpaired) electrons. The average Bonchev–Trinajstić information content (AvgIpc) is 2.35. The van der Waals surface area contributed by atoms with Gasteiger partial charge in [-0.1, -0.05) is 11.6 Å². The Bertz CT molecular complexity index is 510. The number of anilines is 3. The van der Waals surface area contributed by atoms with Crippen LogP contribution in [-0.2, 0) is 0 Å². The van der Waals surface area contributed by atoms with Crippen molar-refractivity contribution in [2.75, 3.05) is 17.7 Å². The first-order chi connectivity index (χ1) is 8.20. The van der Waals surface area contributed by atoms with E-state index in [-0.39, 0.29) is 0 Å². The SMILES string of the molecule is CNc1ncnc(Nc2ccc(Cl)cc2)c1C. The Morgan fingerprint density at radius 3 is 2.35 bits per heavy atom. The Balaban J connectivity index is 2.27. The average molecular weight is 249 g/mol. The lowest BCUT2D eigenvalue weighted by Gasteiger charge is -2.10. The van der Waals surface area contributed by atoms with Gasteiger partial charge in [-0.25, -0.2) is 9.97 Å². The molecule has 88 valence electrons. The summed E-state index contributed by atoms with van der Waals surface area (Å²) < 4.78 is 0. The molecule has 0 aliphatic rings. The second kappa shape index (κ2) is 5.01. The Morgan fingerprint density at radius 1 is 1.06 bits per heavy atom. The molecule has 0 spiro atoms. The zero-order valence-corrected chi connectivity index (χ0v) is 10.4. The van der Waals surface area contributed by atoms with Crippen molar-refractivity contribution in [2.45, 2.75) is 6.92 Å². The summed E-state index contributed by atoms with van der Waals surface area (Å²) in [5, 5.41) is 6.96. The topological polar surface area (TPSA) is 49.8 Å². The number of hydrogen-bond donors (Lipinski definition) is 2. The first kappa shape index (κ1) is 11.7. The van der Waals surface area contributed by atoms with E-state index in [4.69, 9.17) is 11.6 Å². The molecule has 0 bridgehead atoms. The lowest BCUT2D eigenvalue weighted by molar-refractivity contribution is 1.12. The highest BCUT2D eigenvalue weighted by atomic mass is 35.5. The standard InChI is InChI=1S/C12H13ClN4/c1-8-11(14-2)15-7-16-12(8)17-10-5-3-9(13)4-6-10/h3-7H,1-2H3,(H2,14,15,16,17). The van der Waals surface area contributed by atoms with E-state index in [1.807, 2.05) is 38.2 Å². The third kappa shape index (κ3) is 2.65. The van der Waals surface area contributed by atoms with Crippen molar-refractivity contribution in [3.8, 4) is 0 Å². The van der Waals surface area contributed by atoms with Gasteiger partial charge in [0.1, 0.15) is 18.0 Å². The van der Waals surface area contributed by atoms with Gasteiger partial charge < -0.3 is 10.6 Å². The Labute approximate surface area is 105 Å². The van der Waals surface area contributed by atoms with Crippen LogP contribution >= 0.6 is 11.6 Å². The van der Waals surface area contributed by atoms with Gasteiger partial charge in [-0.3, -0.25) is 0 Å². The largest absolute Gasteiger partial charge is 0.373 e. The molecule has 0 fully saturated rings. The Morgan fingerprint density at radius 2 is 1.71 bits per heavy atom. The van der Waals surface area contributed by atoms with Crippen molar-refractivity contribution < 1.29 is 0 Å². The molecule has 0 aliphatic heterocycles. The van der Waals surface area contributed by atoms with Gasteiger partial charge in [0.15, 0.2) is 0 Å². The molecule has 0 atom stereocenters. The number of rotatable bonds is 3. The van der Waals surface area contributed by atoms with Crippen molar-refractivity contribution in [1.29, 1.82) is 0 Å². The van der Waals surface area contributed by atoms with Crippen LogP contribution in [0.25, 0.3) is 0 Å². The summed E-state index contributed by atoms with van der Waals surface area (Å²) in [6.45, 7) is 1.96. The molecule has 2 aromatic rings. The number of nitrogens with zero attached hydrogens (tertiary/aromatic N) is 2. The number of nitrogens with one attached hydrogen (secondary N) is 2. The predicted molar refractivity (Wildman–Crippen MR) is 71.1 cm³/mol. The molecule has 0 aliphatic carbocycles. The van der Waals surface area contributed by atoms with Gasteiger partial charge in [0, 0.05) is 23.3 Å². The van der Waals surface area contributed by atoms with E-state index in [1.165, 1.54) is 6.33 Å². The van der Waals surface area contributed by atoms with E-state index in [0.717, 1.165) is 22.9 Å². The second-order valence-electron chi connectivity index (χ2n) is 3.58. The van der Waals surface area contributed by atoms with E-state index in [1.54, 1.807) is 0 Å². The highest BCUT2D eigenvalue weighted by Gasteiger charge is 2.05. The molecule has 4 nitrogen and oxygen atoms in total. The van der Waals surface area contributed by atoms with Crippen molar-refractivity contribution in [2.24, 2.45) is 0 Å². The van der Waals surface area contributed by atoms with Gasteiger partial charge in [-0.2, -0.15) is 0 Å². The van der Waals surface area contributed by atoms with Crippen LogP contribution in [-0.4, -0.2) is 17.0 Å². The molecule has 1 aromatic heterocycles. The smallest absolute Gasteiger partial charge is 0.138 e. The zero-order chi connectivity index (χ0) is 12.3. The monoisotopic (exact) mass is 248 g/mol. The minimum atomic E-state index is 0.714. The van der Waals surface area contributed by atoms with Crippen LogP contribution in [0.1, 0.15) is 5.56 Å². The number of halogens is 1. The van der Waals surface area contributed by atoms with Crippen LogP contribution in [0, 0.1) is 6.92 Å². The molecule has 0 saturated carbocycles. The maximum absolute atomic E-state index is 5.83. The molecule has 2 rings (SSSR count). The van der Waals surface area contributed by atoms with E-state index >= 15 is 0 Å². The lowest BCUT2D eigenvalue weighted by atomic mass is 10.2. The van der Waals surface area contributed by atoms with Crippen molar-refractivity contribution in [1.82, 2.24) is 9.97 Å². The molecule has 1 aromatic carbocycles. The summed E-state index contributed by atoms with van der Waals surface area (Å²) >= 11 is 5.83. The fourth-order valence-electron chi connectivity index (χ4n) is 1.50. The van der Waals surface area contributed by atoms with Crippen LogP contribution in [0.5, 0.6) is 0 Å². The maximum Gasteiger partial charge on any atom is 0.138 e. The van der Waals surface area contributed by atoms with Gasteiger partial charge in [0.05, 0.1) is 0 Å². The van der Waals surface area contributed by atoms with Crippen LogP contribution in [0.15, 0.2) is 30.6 Å². The Kier molecular flexibility index (Phi) is 3.44. The summed E-state index contributed by atoms with van der Waals surface area (Å²) in [6.07, 6.45) is 1.52. The predicted octanol–water partition coefficient (Wildman–Crippen LogP) is 3.22. The van der Waals surface area contributed by atoms with Gasteiger partial charge in [-0.05, 0) is 31.2 Å². The quantitative estimate of drug-likeness (QED) is 0.876. The van der Waals surface area contributed by atoms with Crippen LogP contribution in [0.2, 0.25) is 5.02 Å². The summed E-state index contributed by atoms with van der Waals surface area (Å²) in [5.74, 6) is 1.60. The molecule has 0 amide bonds. The zero-order valence-electron chi connectivity index (χ0n) is 9.66. The van der Waals surface area contributed by atoms with Crippen molar-refractivity contribution in [3.63, 3.8) is 0 Å². The minimum Gasteiger partial charge on any atom is -0.373 e.